The molecule has 0 aliphatic rings. The van der Waals surface area contributed by atoms with Crippen molar-refractivity contribution in [2.24, 2.45) is 0 Å². The third-order valence-corrected chi connectivity index (χ3v) is 3.22. The Morgan fingerprint density at radius 3 is 1.60 bits per heavy atom. The first-order chi connectivity index (χ1) is 6.76. The van der Waals surface area contributed by atoms with Crippen molar-refractivity contribution < 1.29 is 37.0 Å². The second-order valence-corrected chi connectivity index (χ2v) is 5.38. The molecule has 0 aromatic heterocycles. The Morgan fingerprint density at radius 2 is 1.40 bits per heavy atom. The molecule has 2 unspecified atom stereocenters. The number of hydrogen-bond donors (Lipinski definition) is 2. The fourth-order valence-corrected chi connectivity index (χ4v) is 1.77. The molecule has 0 aliphatic carbocycles. The fraction of sp³-hybridized carbons (Fsp3) is 1.00. The van der Waals surface area contributed by atoms with Crippen molar-refractivity contribution in [3.05, 3.63) is 0 Å². The molecule has 0 bridgehead atoms. The molecular formula is C5H14O8P2. The number of phosphoric acid groups is 2. The molecule has 0 aliphatic heterocycles. The van der Waals surface area contributed by atoms with Crippen molar-refractivity contribution in [1.82, 2.24) is 0 Å². The molecule has 0 aromatic rings. The van der Waals surface area contributed by atoms with Gasteiger partial charge >= 0.3 is 15.6 Å². The average molecular weight is 264 g/mol. The van der Waals surface area contributed by atoms with E-state index in [1.165, 1.54) is 6.92 Å². The van der Waals surface area contributed by atoms with Gasteiger partial charge in [0, 0.05) is 14.2 Å². The molecule has 0 saturated heterocycles. The standard InChI is InChI=1S/C5H14O8P2/c1-4-5(12-14(6,7)10-2)13-15(8,9)11-3/h5H,4H2,1-3H3,(H,6,7)(H,8,9). The minimum absolute atomic E-state index is 0.0713. The Bertz CT molecular complexity index is 252. The lowest BCUT2D eigenvalue weighted by Gasteiger charge is -2.20. The van der Waals surface area contributed by atoms with Gasteiger partial charge in [0.05, 0.1) is 0 Å². The van der Waals surface area contributed by atoms with Crippen LogP contribution in [0.2, 0.25) is 0 Å². The summed E-state index contributed by atoms with van der Waals surface area (Å²) in [4.78, 5) is 17.8. The number of rotatable bonds is 7. The van der Waals surface area contributed by atoms with Crippen molar-refractivity contribution in [3.8, 4) is 0 Å². The summed E-state index contributed by atoms with van der Waals surface area (Å²) in [5.74, 6) is 0. The maximum absolute atomic E-state index is 10.9. The summed E-state index contributed by atoms with van der Waals surface area (Å²) in [7, 11) is -6.59. The van der Waals surface area contributed by atoms with E-state index in [-0.39, 0.29) is 6.42 Å². The fourth-order valence-electron chi connectivity index (χ4n) is 0.552. The van der Waals surface area contributed by atoms with Crippen LogP contribution in [0.25, 0.3) is 0 Å². The highest BCUT2D eigenvalue weighted by Gasteiger charge is 2.31. The Kier molecular flexibility index (Phi) is 6.17. The maximum Gasteiger partial charge on any atom is 0.474 e. The maximum atomic E-state index is 10.9. The van der Waals surface area contributed by atoms with Crippen LogP contribution in [0.15, 0.2) is 0 Å². The van der Waals surface area contributed by atoms with E-state index in [1.807, 2.05) is 0 Å². The van der Waals surface area contributed by atoms with Crippen LogP contribution in [0, 0.1) is 0 Å². The molecular weight excluding hydrogens is 250 g/mol. The van der Waals surface area contributed by atoms with Gasteiger partial charge in [-0.15, -0.1) is 0 Å². The van der Waals surface area contributed by atoms with Crippen LogP contribution in [0.1, 0.15) is 13.3 Å². The van der Waals surface area contributed by atoms with Crippen molar-refractivity contribution in [3.63, 3.8) is 0 Å². The van der Waals surface area contributed by atoms with Crippen molar-refractivity contribution in [2.75, 3.05) is 14.2 Å². The van der Waals surface area contributed by atoms with Gasteiger partial charge in [0.1, 0.15) is 0 Å². The minimum atomic E-state index is -4.26. The van der Waals surface area contributed by atoms with Crippen LogP contribution in [0.4, 0.5) is 0 Å². The molecule has 0 heterocycles. The molecule has 92 valence electrons. The van der Waals surface area contributed by atoms with Crippen LogP contribution in [-0.2, 0) is 27.2 Å². The largest absolute Gasteiger partial charge is 0.474 e. The van der Waals surface area contributed by atoms with E-state index in [2.05, 4.69) is 18.1 Å². The predicted octanol–water partition coefficient (Wildman–Crippen LogP) is 1.25. The topological polar surface area (TPSA) is 112 Å². The molecule has 0 spiro atoms. The molecule has 2 atom stereocenters. The van der Waals surface area contributed by atoms with Crippen molar-refractivity contribution in [1.29, 1.82) is 0 Å². The van der Waals surface area contributed by atoms with E-state index in [0.717, 1.165) is 14.2 Å². The van der Waals surface area contributed by atoms with Gasteiger partial charge in [-0.1, -0.05) is 6.92 Å². The van der Waals surface area contributed by atoms with Crippen LogP contribution in [-0.4, -0.2) is 30.3 Å². The Hall–Kier alpha value is 0.220. The second kappa shape index (κ2) is 6.08. The molecule has 15 heavy (non-hydrogen) atoms. The zero-order chi connectivity index (χ0) is 12.1. The third kappa shape index (κ3) is 6.40. The van der Waals surface area contributed by atoms with Crippen LogP contribution < -0.4 is 0 Å². The summed E-state index contributed by atoms with van der Waals surface area (Å²) in [6.07, 6.45) is -1.29. The Morgan fingerprint density at radius 1 is 1.07 bits per heavy atom. The van der Waals surface area contributed by atoms with E-state index in [4.69, 9.17) is 9.79 Å². The van der Waals surface area contributed by atoms with Crippen molar-refractivity contribution in [2.45, 2.75) is 19.6 Å². The van der Waals surface area contributed by atoms with Crippen LogP contribution in [0.5, 0.6) is 0 Å². The van der Waals surface area contributed by atoms with E-state index < -0.39 is 21.9 Å². The zero-order valence-corrected chi connectivity index (χ0v) is 10.3. The summed E-state index contributed by atoms with van der Waals surface area (Å²) < 4.78 is 39.0. The smallest absolute Gasteiger partial charge is 0.302 e. The summed E-state index contributed by atoms with van der Waals surface area (Å²) >= 11 is 0. The molecule has 8 nitrogen and oxygen atoms in total. The quantitative estimate of drug-likeness (QED) is 0.522. The average Bonchev–Trinajstić information content (AvgIpc) is 2.16. The molecule has 0 fully saturated rings. The summed E-state index contributed by atoms with van der Waals surface area (Å²) in [6.45, 7) is 1.52. The zero-order valence-electron chi connectivity index (χ0n) is 8.52. The molecule has 0 saturated carbocycles. The van der Waals surface area contributed by atoms with E-state index in [9.17, 15) is 9.13 Å². The molecule has 0 amide bonds. The third-order valence-electron chi connectivity index (χ3n) is 1.30. The lowest BCUT2D eigenvalue weighted by atomic mass is 10.5. The van der Waals surface area contributed by atoms with Gasteiger partial charge in [-0.2, -0.15) is 0 Å². The van der Waals surface area contributed by atoms with Gasteiger partial charge in [0.15, 0.2) is 6.29 Å². The summed E-state index contributed by atoms with van der Waals surface area (Å²) in [5, 5.41) is 0. The summed E-state index contributed by atoms with van der Waals surface area (Å²) in [6, 6.07) is 0. The first kappa shape index (κ1) is 15.2. The Labute approximate surface area is 87.3 Å². The van der Waals surface area contributed by atoms with Crippen molar-refractivity contribution >= 4 is 15.6 Å². The molecule has 10 heteroatoms. The van der Waals surface area contributed by atoms with E-state index >= 15 is 0 Å². The lowest BCUT2D eigenvalue weighted by molar-refractivity contribution is -0.0403. The van der Waals surface area contributed by atoms with Gasteiger partial charge in [0.25, 0.3) is 0 Å². The highest BCUT2D eigenvalue weighted by molar-refractivity contribution is 7.48. The van der Waals surface area contributed by atoms with Gasteiger partial charge in [-0.25, -0.2) is 9.13 Å². The summed E-state index contributed by atoms with van der Waals surface area (Å²) in [5.41, 5.74) is 0. The number of phosphoric ester groups is 2. The molecule has 0 aromatic carbocycles. The predicted molar refractivity (Wildman–Crippen MR) is 49.9 cm³/mol. The van der Waals surface area contributed by atoms with E-state index in [0.29, 0.717) is 0 Å². The van der Waals surface area contributed by atoms with Crippen LogP contribution >= 0.6 is 15.6 Å². The minimum Gasteiger partial charge on any atom is -0.302 e. The first-order valence-electron chi connectivity index (χ1n) is 3.90. The van der Waals surface area contributed by atoms with Gasteiger partial charge in [-0.3, -0.25) is 18.1 Å². The molecule has 2 N–H and O–H groups in total. The molecule has 0 radical (unpaired) electrons. The highest BCUT2D eigenvalue weighted by Crippen LogP contribution is 2.49. The number of hydrogen-bond acceptors (Lipinski definition) is 6. The Balaban J connectivity index is 4.40. The normalized spacial score (nSPS) is 21.7. The van der Waals surface area contributed by atoms with Gasteiger partial charge in [0.2, 0.25) is 0 Å². The monoisotopic (exact) mass is 264 g/mol. The van der Waals surface area contributed by atoms with E-state index in [1.54, 1.807) is 0 Å². The SMILES string of the molecule is CCC(OP(=O)(O)OC)OP(=O)(O)OC. The second-order valence-electron chi connectivity index (χ2n) is 2.35. The van der Waals surface area contributed by atoms with Gasteiger partial charge in [-0.05, 0) is 6.42 Å². The molecule has 0 rings (SSSR count). The van der Waals surface area contributed by atoms with Gasteiger partial charge < -0.3 is 9.79 Å². The first-order valence-corrected chi connectivity index (χ1v) is 6.89. The van der Waals surface area contributed by atoms with Crippen LogP contribution in [0.3, 0.4) is 0 Å². The highest BCUT2D eigenvalue weighted by atomic mass is 31.2. The lowest BCUT2D eigenvalue weighted by Crippen LogP contribution is -2.14.